The third-order valence-corrected chi connectivity index (χ3v) is 5.00. The molecule has 4 aromatic rings. The molecule has 0 aliphatic heterocycles. The number of H-pyrrole nitrogens is 1. The summed E-state index contributed by atoms with van der Waals surface area (Å²) in [4.78, 5) is 35.3. The van der Waals surface area contributed by atoms with Gasteiger partial charge in [0.25, 0.3) is 0 Å². The second-order valence-electron chi connectivity index (χ2n) is 7.62. The summed E-state index contributed by atoms with van der Waals surface area (Å²) in [6, 6.07) is 18.9. The summed E-state index contributed by atoms with van der Waals surface area (Å²) in [5.74, 6) is -0.593. The van der Waals surface area contributed by atoms with Crippen molar-refractivity contribution in [2.75, 3.05) is 10.6 Å². The van der Waals surface area contributed by atoms with Crippen LogP contribution in [0.25, 0.3) is 11.0 Å². The second kappa shape index (κ2) is 9.30. The number of amides is 1. The minimum Gasteiger partial charge on any atom is -0.481 e. The second-order valence-corrected chi connectivity index (χ2v) is 7.62. The summed E-state index contributed by atoms with van der Waals surface area (Å²) in [5.41, 5.74) is 4.68. The number of carboxylic acid groups (broad SMARTS) is 1. The molecule has 4 N–H and O–H groups in total. The Hall–Kier alpha value is -4.20. The number of pyridine rings is 1. The third-order valence-electron chi connectivity index (χ3n) is 5.00. The predicted octanol–water partition coefficient (Wildman–Crippen LogP) is 4.46. The van der Waals surface area contributed by atoms with E-state index in [4.69, 9.17) is 5.11 Å². The first-order chi connectivity index (χ1) is 15.5. The van der Waals surface area contributed by atoms with Crippen LogP contribution in [0.1, 0.15) is 30.5 Å². The molecule has 2 heterocycles. The van der Waals surface area contributed by atoms with E-state index >= 15 is 0 Å². The fourth-order valence-electron chi connectivity index (χ4n) is 3.41. The summed E-state index contributed by atoms with van der Waals surface area (Å²) in [6.45, 7) is 1.81. The van der Waals surface area contributed by atoms with Crippen LogP contribution in [0.15, 0.2) is 66.9 Å². The molecule has 8 heteroatoms. The van der Waals surface area contributed by atoms with Crippen molar-refractivity contribution in [3.8, 4) is 0 Å². The Kier molecular flexibility index (Phi) is 6.12. The molecule has 1 unspecified atom stereocenters. The monoisotopic (exact) mass is 429 g/mol. The van der Waals surface area contributed by atoms with E-state index in [0.717, 1.165) is 22.3 Å². The first kappa shape index (κ1) is 21.0. The van der Waals surface area contributed by atoms with Crippen LogP contribution in [0.4, 0.5) is 17.3 Å². The predicted molar refractivity (Wildman–Crippen MR) is 123 cm³/mol. The fraction of sp³-hybridized carbons (Fsp3) is 0.167. The fourth-order valence-corrected chi connectivity index (χ4v) is 3.41. The lowest BCUT2D eigenvalue weighted by Crippen LogP contribution is -2.14. The summed E-state index contributed by atoms with van der Waals surface area (Å²) in [6.07, 6.45) is 1.76. The largest absolute Gasteiger partial charge is 0.481 e. The van der Waals surface area contributed by atoms with Crippen molar-refractivity contribution in [3.63, 3.8) is 0 Å². The number of aliphatic carboxylic acids is 1. The maximum absolute atomic E-state index is 12.5. The number of benzene rings is 2. The molecule has 0 saturated heterocycles. The molecule has 1 amide bonds. The number of rotatable bonds is 8. The van der Waals surface area contributed by atoms with Gasteiger partial charge < -0.3 is 20.7 Å². The number of hydrogen-bond acceptors (Lipinski definition) is 5. The number of fused-ring (bicyclic) bond motifs is 1. The van der Waals surface area contributed by atoms with Crippen molar-refractivity contribution in [2.45, 2.75) is 25.7 Å². The molecule has 0 bridgehead atoms. The van der Waals surface area contributed by atoms with Gasteiger partial charge in [-0.05, 0) is 42.0 Å². The van der Waals surface area contributed by atoms with Gasteiger partial charge in [-0.25, -0.2) is 4.98 Å². The van der Waals surface area contributed by atoms with Gasteiger partial charge in [0.15, 0.2) is 0 Å². The molecule has 162 valence electrons. The van der Waals surface area contributed by atoms with Crippen LogP contribution in [0.3, 0.4) is 0 Å². The molecule has 0 saturated carbocycles. The van der Waals surface area contributed by atoms with Gasteiger partial charge in [-0.2, -0.15) is 0 Å². The van der Waals surface area contributed by atoms with Crippen LogP contribution in [0.5, 0.6) is 0 Å². The maximum atomic E-state index is 12.5. The number of para-hydroxylation sites is 1. The highest BCUT2D eigenvalue weighted by atomic mass is 16.4. The Morgan fingerprint density at radius 3 is 2.59 bits per heavy atom. The molecule has 2 aromatic carbocycles. The lowest BCUT2D eigenvalue weighted by Gasteiger charge is -2.10. The average Bonchev–Trinajstić information content (AvgIpc) is 3.16. The quantitative estimate of drug-likeness (QED) is 0.328. The van der Waals surface area contributed by atoms with E-state index in [9.17, 15) is 9.59 Å². The number of anilines is 3. The molecular formula is C24H23N5O3. The highest BCUT2D eigenvalue weighted by Crippen LogP contribution is 2.21. The summed E-state index contributed by atoms with van der Waals surface area (Å²) in [7, 11) is 0. The zero-order valence-electron chi connectivity index (χ0n) is 17.5. The summed E-state index contributed by atoms with van der Waals surface area (Å²) >= 11 is 0. The number of carboxylic acids is 1. The topological polar surface area (TPSA) is 120 Å². The van der Waals surface area contributed by atoms with E-state index in [2.05, 4.69) is 25.6 Å². The van der Waals surface area contributed by atoms with Gasteiger partial charge in [0.1, 0.15) is 0 Å². The van der Waals surface area contributed by atoms with Gasteiger partial charge in [-0.15, -0.1) is 0 Å². The molecule has 0 aliphatic carbocycles. The Bertz CT molecular complexity index is 1240. The van der Waals surface area contributed by atoms with Gasteiger partial charge in [0.05, 0.1) is 35.8 Å². The van der Waals surface area contributed by atoms with E-state index in [1.807, 2.05) is 48.5 Å². The summed E-state index contributed by atoms with van der Waals surface area (Å²) < 4.78 is 0. The Balaban J connectivity index is 1.38. The number of carbonyl (C=O) groups excluding carboxylic acids is 1. The Labute approximate surface area is 184 Å². The van der Waals surface area contributed by atoms with Crippen molar-refractivity contribution in [3.05, 3.63) is 78.1 Å². The lowest BCUT2D eigenvalue weighted by molar-refractivity contribution is -0.137. The van der Waals surface area contributed by atoms with E-state index in [-0.39, 0.29) is 24.7 Å². The molecule has 0 aliphatic rings. The average molecular weight is 429 g/mol. The smallest absolute Gasteiger partial charge is 0.304 e. The molecular weight excluding hydrogens is 406 g/mol. The van der Waals surface area contributed by atoms with Gasteiger partial charge in [0, 0.05) is 17.3 Å². The normalized spacial score (nSPS) is 11.8. The van der Waals surface area contributed by atoms with Crippen LogP contribution in [-0.2, 0) is 16.0 Å². The molecule has 0 spiro atoms. The third kappa shape index (κ3) is 5.28. The molecule has 8 nitrogen and oxygen atoms in total. The number of nitrogens with zero attached hydrogens (tertiary/aromatic N) is 2. The molecule has 4 rings (SSSR count). The van der Waals surface area contributed by atoms with Crippen molar-refractivity contribution in [1.82, 2.24) is 15.0 Å². The van der Waals surface area contributed by atoms with Crippen LogP contribution in [0, 0.1) is 0 Å². The Morgan fingerprint density at radius 1 is 1.06 bits per heavy atom. The van der Waals surface area contributed by atoms with E-state index < -0.39 is 5.97 Å². The van der Waals surface area contributed by atoms with Gasteiger partial charge >= 0.3 is 5.97 Å². The summed E-state index contributed by atoms with van der Waals surface area (Å²) in [5, 5.41) is 14.9. The van der Waals surface area contributed by atoms with E-state index in [1.54, 1.807) is 25.3 Å². The minimum absolute atomic E-state index is 0.0113. The number of hydrogen-bond donors (Lipinski definition) is 4. The van der Waals surface area contributed by atoms with E-state index in [0.29, 0.717) is 17.3 Å². The van der Waals surface area contributed by atoms with Gasteiger partial charge in [-0.3, -0.25) is 14.6 Å². The maximum Gasteiger partial charge on any atom is 0.304 e. The van der Waals surface area contributed by atoms with Crippen molar-refractivity contribution in [2.24, 2.45) is 0 Å². The number of nitrogens with one attached hydrogen (secondary N) is 3. The first-order valence-corrected chi connectivity index (χ1v) is 10.2. The minimum atomic E-state index is -0.867. The van der Waals surface area contributed by atoms with Crippen LogP contribution >= 0.6 is 0 Å². The molecule has 0 fully saturated rings. The standard InChI is InChI=1S/C24H23N5O3/c1-15(11-23(31)32)19-10-8-18(14-25-19)26-22(30)13-16-7-9-20-21(12-16)29-24(28-20)27-17-5-3-2-4-6-17/h2-10,12,14-15H,11,13H2,1H3,(H,26,30)(H,31,32)(H2,27,28,29). The van der Waals surface area contributed by atoms with Crippen LogP contribution in [-0.4, -0.2) is 31.9 Å². The zero-order valence-corrected chi connectivity index (χ0v) is 17.5. The van der Waals surface area contributed by atoms with Crippen LogP contribution in [0.2, 0.25) is 0 Å². The van der Waals surface area contributed by atoms with Gasteiger partial charge in [0.2, 0.25) is 11.9 Å². The highest BCUT2D eigenvalue weighted by molar-refractivity contribution is 5.92. The SMILES string of the molecule is CC(CC(=O)O)c1ccc(NC(=O)Cc2ccc3nc(Nc4ccccc4)[nH]c3c2)cn1. The highest BCUT2D eigenvalue weighted by Gasteiger charge is 2.12. The number of imidazole rings is 1. The number of aromatic nitrogens is 3. The lowest BCUT2D eigenvalue weighted by atomic mass is 10.0. The number of aromatic amines is 1. The molecule has 2 aromatic heterocycles. The van der Waals surface area contributed by atoms with Crippen molar-refractivity contribution >= 4 is 40.2 Å². The zero-order chi connectivity index (χ0) is 22.5. The molecule has 0 radical (unpaired) electrons. The van der Waals surface area contributed by atoms with Crippen LogP contribution < -0.4 is 10.6 Å². The molecule has 1 atom stereocenters. The first-order valence-electron chi connectivity index (χ1n) is 10.2. The van der Waals surface area contributed by atoms with Gasteiger partial charge in [-0.1, -0.05) is 31.2 Å². The Morgan fingerprint density at radius 2 is 1.88 bits per heavy atom. The molecule has 32 heavy (non-hydrogen) atoms. The van der Waals surface area contributed by atoms with E-state index in [1.165, 1.54) is 0 Å². The van der Waals surface area contributed by atoms with Crippen molar-refractivity contribution < 1.29 is 14.7 Å². The number of carbonyl (C=O) groups is 2. The van der Waals surface area contributed by atoms with Crippen molar-refractivity contribution in [1.29, 1.82) is 0 Å².